The van der Waals surface area contributed by atoms with E-state index in [1.54, 1.807) is 0 Å². The van der Waals surface area contributed by atoms with Crippen LogP contribution in [0.4, 0.5) is 0 Å². The van der Waals surface area contributed by atoms with Gasteiger partial charge in [0.05, 0.1) is 0 Å². The van der Waals surface area contributed by atoms with Crippen LogP contribution in [0.2, 0.25) is 0 Å². The summed E-state index contributed by atoms with van der Waals surface area (Å²) >= 11 is 3.61. The Balaban J connectivity index is 2.73. The maximum absolute atomic E-state index is 5.91. The number of rotatable bonds is 6. The van der Waals surface area contributed by atoms with E-state index in [2.05, 4.69) is 54.0 Å². The van der Waals surface area contributed by atoms with Crippen LogP contribution in [-0.2, 0) is 6.42 Å². The second-order valence-electron chi connectivity index (χ2n) is 4.37. The highest BCUT2D eigenvalue weighted by Crippen LogP contribution is 2.26. The molecule has 0 radical (unpaired) electrons. The number of hydrogen-bond acceptors (Lipinski definition) is 1. The van der Waals surface area contributed by atoms with Crippen molar-refractivity contribution in [3.63, 3.8) is 0 Å². The van der Waals surface area contributed by atoms with E-state index in [0.717, 1.165) is 18.9 Å². The van der Waals surface area contributed by atoms with Crippen molar-refractivity contribution >= 4 is 15.9 Å². The second-order valence-corrected chi connectivity index (χ2v) is 5.22. The SMILES string of the molecule is CCC(CC)C(CN)Cc1ccccc1Br. The molecule has 0 fully saturated rings. The summed E-state index contributed by atoms with van der Waals surface area (Å²) in [6, 6.07) is 8.45. The van der Waals surface area contributed by atoms with Crippen molar-refractivity contribution in [1.82, 2.24) is 0 Å². The molecule has 0 aliphatic rings. The summed E-state index contributed by atoms with van der Waals surface area (Å²) in [4.78, 5) is 0. The number of nitrogens with two attached hydrogens (primary N) is 1. The van der Waals surface area contributed by atoms with E-state index in [4.69, 9.17) is 5.73 Å². The van der Waals surface area contributed by atoms with Gasteiger partial charge in [-0.1, -0.05) is 60.8 Å². The predicted molar refractivity (Wildman–Crippen MR) is 74.5 cm³/mol. The smallest absolute Gasteiger partial charge is 0.0207 e. The van der Waals surface area contributed by atoms with Crippen molar-refractivity contribution in [3.8, 4) is 0 Å². The largest absolute Gasteiger partial charge is 0.330 e. The van der Waals surface area contributed by atoms with E-state index >= 15 is 0 Å². The van der Waals surface area contributed by atoms with Gasteiger partial charge in [0.15, 0.2) is 0 Å². The molecule has 0 heterocycles. The molecule has 0 saturated heterocycles. The lowest BCUT2D eigenvalue weighted by Crippen LogP contribution is -2.25. The van der Waals surface area contributed by atoms with Crippen LogP contribution in [0.3, 0.4) is 0 Å². The zero-order valence-corrected chi connectivity index (χ0v) is 11.8. The van der Waals surface area contributed by atoms with E-state index in [1.165, 1.54) is 22.9 Å². The average Bonchev–Trinajstić information content (AvgIpc) is 2.31. The molecule has 0 aromatic heterocycles. The molecule has 1 rings (SSSR count). The van der Waals surface area contributed by atoms with Gasteiger partial charge in [0.1, 0.15) is 0 Å². The molecular weight excluding hydrogens is 262 g/mol. The highest BCUT2D eigenvalue weighted by atomic mass is 79.9. The maximum atomic E-state index is 5.91. The first-order valence-electron chi connectivity index (χ1n) is 6.16. The topological polar surface area (TPSA) is 26.0 Å². The van der Waals surface area contributed by atoms with E-state index in [9.17, 15) is 0 Å². The third-order valence-electron chi connectivity index (χ3n) is 3.46. The Kier molecular flexibility index (Phi) is 6.07. The van der Waals surface area contributed by atoms with Crippen molar-refractivity contribution in [3.05, 3.63) is 34.3 Å². The Labute approximate surface area is 108 Å². The van der Waals surface area contributed by atoms with Crippen LogP contribution in [0.15, 0.2) is 28.7 Å². The molecule has 90 valence electrons. The highest BCUT2D eigenvalue weighted by Gasteiger charge is 2.18. The molecule has 0 aliphatic carbocycles. The first-order valence-corrected chi connectivity index (χ1v) is 6.95. The molecule has 1 aromatic carbocycles. The fourth-order valence-corrected chi connectivity index (χ4v) is 2.79. The minimum Gasteiger partial charge on any atom is -0.330 e. The molecule has 0 spiro atoms. The quantitative estimate of drug-likeness (QED) is 0.839. The van der Waals surface area contributed by atoms with Gasteiger partial charge in [-0.05, 0) is 36.4 Å². The summed E-state index contributed by atoms with van der Waals surface area (Å²) in [6.07, 6.45) is 3.54. The summed E-state index contributed by atoms with van der Waals surface area (Å²) < 4.78 is 1.21. The van der Waals surface area contributed by atoms with Gasteiger partial charge in [0.25, 0.3) is 0 Å². The molecular formula is C14H22BrN. The molecule has 1 nitrogen and oxygen atoms in total. The molecule has 1 unspecified atom stereocenters. The average molecular weight is 284 g/mol. The van der Waals surface area contributed by atoms with Gasteiger partial charge >= 0.3 is 0 Å². The Morgan fingerprint density at radius 1 is 1.12 bits per heavy atom. The fraction of sp³-hybridized carbons (Fsp3) is 0.571. The van der Waals surface area contributed by atoms with E-state index < -0.39 is 0 Å². The van der Waals surface area contributed by atoms with Gasteiger partial charge in [0.2, 0.25) is 0 Å². The summed E-state index contributed by atoms with van der Waals surface area (Å²) in [5, 5.41) is 0. The van der Waals surface area contributed by atoms with Crippen LogP contribution in [-0.4, -0.2) is 6.54 Å². The summed E-state index contributed by atoms with van der Waals surface area (Å²) in [6.45, 7) is 5.31. The van der Waals surface area contributed by atoms with Crippen molar-refractivity contribution < 1.29 is 0 Å². The van der Waals surface area contributed by atoms with Gasteiger partial charge in [-0.15, -0.1) is 0 Å². The van der Waals surface area contributed by atoms with Crippen LogP contribution < -0.4 is 5.73 Å². The van der Waals surface area contributed by atoms with Gasteiger partial charge in [-0.3, -0.25) is 0 Å². The van der Waals surface area contributed by atoms with Crippen molar-refractivity contribution in [1.29, 1.82) is 0 Å². The summed E-state index contributed by atoms with van der Waals surface area (Å²) in [5.74, 6) is 1.35. The molecule has 1 aromatic rings. The zero-order valence-electron chi connectivity index (χ0n) is 10.2. The lowest BCUT2D eigenvalue weighted by atomic mass is 9.83. The first kappa shape index (κ1) is 13.7. The first-order chi connectivity index (χ1) is 7.72. The third-order valence-corrected chi connectivity index (χ3v) is 4.23. The molecule has 1 atom stereocenters. The van der Waals surface area contributed by atoms with Crippen LogP contribution in [0.5, 0.6) is 0 Å². The zero-order chi connectivity index (χ0) is 12.0. The molecule has 0 bridgehead atoms. The van der Waals surface area contributed by atoms with Crippen LogP contribution in [0, 0.1) is 11.8 Å². The molecule has 2 heteroatoms. The monoisotopic (exact) mass is 283 g/mol. The molecule has 0 amide bonds. The number of benzene rings is 1. The van der Waals surface area contributed by atoms with Gasteiger partial charge < -0.3 is 5.73 Å². The fourth-order valence-electron chi connectivity index (χ4n) is 2.34. The Bertz CT molecular complexity index is 307. The minimum atomic E-state index is 0.605. The van der Waals surface area contributed by atoms with E-state index in [-0.39, 0.29) is 0 Å². The number of hydrogen-bond donors (Lipinski definition) is 1. The van der Waals surface area contributed by atoms with Crippen molar-refractivity contribution in [2.24, 2.45) is 17.6 Å². The molecule has 0 aliphatic heterocycles. The van der Waals surface area contributed by atoms with Crippen LogP contribution >= 0.6 is 15.9 Å². The molecule has 16 heavy (non-hydrogen) atoms. The lowest BCUT2D eigenvalue weighted by molar-refractivity contribution is 0.317. The Morgan fingerprint density at radius 3 is 2.25 bits per heavy atom. The Hall–Kier alpha value is -0.340. The maximum Gasteiger partial charge on any atom is 0.0207 e. The minimum absolute atomic E-state index is 0.605. The Morgan fingerprint density at radius 2 is 1.75 bits per heavy atom. The van der Waals surface area contributed by atoms with Crippen LogP contribution in [0.1, 0.15) is 32.3 Å². The van der Waals surface area contributed by atoms with Crippen molar-refractivity contribution in [2.45, 2.75) is 33.1 Å². The lowest BCUT2D eigenvalue weighted by Gasteiger charge is -2.24. The molecule has 0 saturated carbocycles. The number of halogens is 1. The van der Waals surface area contributed by atoms with Gasteiger partial charge in [-0.2, -0.15) is 0 Å². The van der Waals surface area contributed by atoms with E-state index in [0.29, 0.717) is 5.92 Å². The van der Waals surface area contributed by atoms with E-state index in [1.807, 2.05) is 0 Å². The van der Waals surface area contributed by atoms with Crippen LogP contribution in [0.25, 0.3) is 0 Å². The van der Waals surface area contributed by atoms with Gasteiger partial charge in [0, 0.05) is 4.47 Å². The van der Waals surface area contributed by atoms with Gasteiger partial charge in [-0.25, -0.2) is 0 Å². The molecule has 2 N–H and O–H groups in total. The summed E-state index contributed by atoms with van der Waals surface area (Å²) in [7, 11) is 0. The standard InChI is InChI=1S/C14H22BrN/c1-3-11(4-2)13(10-16)9-12-7-5-6-8-14(12)15/h5-8,11,13H,3-4,9-10,16H2,1-2H3. The third kappa shape index (κ3) is 3.60. The normalized spacial score (nSPS) is 13.1. The second kappa shape index (κ2) is 7.08. The summed E-state index contributed by atoms with van der Waals surface area (Å²) in [5.41, 5.74) is 7.29. The highest BCUT2D eigenvalue weighted by molar-refractivity contribution is 9.10. The van der Waals surface area contributed by atoms with Crippen molar-refractivity contribution in [2.75, 3.05) is 6.54 Å². The predicted octanol–water partition coefficient (Wildman–Crippen LogP) is 4.00.